The summed E-state index contributed by atoms with van der Waals surface area (Å²) in [6, 6.07) is 7.59. The largest absolute Gasteiger partial charge is 0.504 e. The molecule has 2 aromatic carbocycles. The SMILES string of the molecule is NC(=O)[C@]1(O)C[C@@H](OC(=O)/C=C/c2ccc(O)c(O)c2)[C@H](O)[C@H](OC(=O)/C=C/c2ccc(O)c(O)c2)C1. The zero-order valence-electron chi connectivity index (χ0n) is 19.2. The maximum absolute atomic E-state index is 12.3. The van der Waals surface area contributed by atoms with E-state index in [1.165, 1.54) is 48.6 Å². The number of phenolic OH excluding ortho intramolecular Hbond substituents is 4. The lowest BCUT2D eigenvalue weighted by atomic mass is 9.79. The van der Waals surface area contributed by atoms with Crippen molar-refractivity contribution in [1.29, 1.82) is 0 Å². The Balaban J connectivity index is 1.71. The molecule has 0 bridgehead atoms. The Labute approximate surface area is 210 Å². The molecule has 37 heavy (non-hydrogen) atoms. The van der Waals surface area contributed by atoms with E-state index in [1.54, 1.807) is 0 Å². The lowest BCUT2D eigenvalue weighted by Crippen LogP contribution is -2.59. The zero-order valence-corrected chi connectivity index (χ0v) is 19.2. The van der Waals surface area contributed by atoms with Crippen LogP contribution in [0.5, 0.6) is 23.0 Å². The van der Waals surface area contributed by atoms with Gasteiger partial charge in [-0.25, -0.2) is 9.59 Å². The number of carbonyl (C=O) groups is 3. The molecule has 1 aliphatic carbocycles. The van der Waals surface area contributed by atoms with Crippen molar-refractivity contribution in [1.82, 2.24) is 0 Å². The molecule has 3 rings (SSSR count). The van der Waals surface area contributed by atoms with Crippen LogP contribution in [0.3, 0.4) is 0 Å². The van der Waals surface area contributed by atoms with Crippen molar-refractivity contribution in [2.24, 2.45) is 5.73 Å². The van der Waals surface area contributed by atoms with Crippen LogP contribution in [0, 0.1) is 0 Å². The van der Waals surface area contributed by atoms with Gasteiger partial charge in [-0.3, -0.25) is 4.79 Å². The molecule has 12 nitrogen and oxygen atoms in total. The van der Waals surface area contributed by atoms with E-state index in [0.29, 0.717) is 11.1 Å². The number of aromatic hydroxyl groups is 4. The number of benzene rings is 2. The predicted octanol–water partition coefficient (Wildman–Crippen LogP) is 0.430. The summed E-state index contributed by atoms with van der Waals surface area (Å²) in [7, 11) is 0. The molecule has 8 N–H and O–H groups in total. The average molecular weight is 515 g/mol. The minimum Gasteiger partial charge on any atom is -0.504 e. The first kappa shape index (κ1) is 27.0. The Morgan fingerprint density at radius 1 is 0.784 bits per heavy atom. The van der Waals surface area contributed by atoms with Gasteiger partial charge >= 0.3 is 11.9 Å². The Bertz CT molecular complexity index is 1170. The van der Waals surface area contributed by atoms with E-state index in [9.17, 15) is 45.0 Å². The van der Waals surface area contributed by atoms with E-state index in [4.69, 9.17) is 15.2 Å². The van der Waals surface area contributed by atoms with Gasteiger partial charge in [0.25, 0.3) is 0 Å². The van der Waals surface area contributed by atoms with Gasteiger partial charge in [-0.2, -0.15) is 0 Å². The number of hydrogen-bond donors (Lipinski definition) is 7. The third kappa shape index (κ3) is 6.78. The van der Waals surface area contributed by atoms with Crippen LogP contribution in [0.25, 0.3) is 12.2 Å². The van der Waals surface area contributed by atoms with Crippen molar-refractivity contribution in [3.8, 4) is 23.0 Å². The van der Waals surface area contributed by atoms with Crippen LogP contribution in [-0.4, -0.2) is 72.4 Å². The van der Waals surface area contributed by atoms with Crippen molar-refractivity contribution in [2.75, 3.05) is 0 Å². The summed E-state index contributed by atoms with van der Waals surface area (Å²) < 4.78 is 10.3. The summed E-state index contributed by atoms with van der Waals surface area (Å²) in [5.74, 6) is -4.67. The summed E-state index contributed by atoms with van der Waals surface area (Å²) in [5.41, 5.74) is 3.71. The molecule has 0 aliphatic heterocycles. The number of aliphatic hydroxyl groups is 2. The molecule has 2 aromatic rings. The molecule has 1 aliphatic rings. The van der Waals surface area contributed by atoms with Crippen molar-refractivity contribution < 1.29 is 54.5 Å². The molecule has 12 heteroatoms. The quantitative estimate of drug-likeness (QED) is 0.152. The standard InChI is InChI=1S/C25H25NO11/c26-24(34)25(35)11-19(36-21(31)7-3-13-1-5-15(27)17(29)9-13)23(33)20(12-25)37-22(32)8-4-14-2-6-16(28)18(30)10-14/h1-10,19-20,23,27-30,33,35H,11-12H2,(H2,26,34)/b7-3+,8-4+/t19-,20-,23-,25-/m1/s1. The Morgan fingerprint density at radius 2 is 1.19 bits per heavy atom. The monoisotopic (exact) mass is 515 g/mol. The van der Waals surface area contributed by atoms with Crippen LogP contribution in [0.15, 0.2) is 48.6 Å². The smallest absolute Gasteiger partial charge is 0.331 e. The summed E-state index contributed by atoms with van der Waals surface area (Å²) in [6.45, 7) is 0. The number of carbonyl (C=O) groups excluding carboxylic acids is 3. The first-order valence-corrected chi connectivity index (χ1v) is 10.9. The highest BCUT2D eigenvalue weighted by Gasteiger charge is 2.51. The second kappa shape index (κ2) is 11.0. The molecule has 0 saturated heterocycles. The number of ether oxygens (including phenoxy) is 2. The second-order valence-electron chi connectivity index (χ2n) is 8.41. The molecule has 0 spiro atoms. The molecule has 2 atom stereocenters. The fraction of sp³-hybridized carbons (Fsp3) is 0.240. The number of esters is 2. The summed E-state index contributed by atoms with van der Waals surface area (Å²) in [5, 5.41) is 59.1. The highest BCUT2D eigenvalue weighted by Crippen LogP contribution is 2.33. The second-order valence-corrected chi connectivity index (χ2v) is 8.41. The molecule has 0 aromatic heterocycles. The number of phenols is 4. The van der Waals surface area contributed by atoms with Gasteiger partial charge in [-0.1, -0.05) is 12.1 Å². The van der Waals surface area contributed by atoms with E-state index in [0.717, 1.165) is 12.2 Å². The van der Waals surface area contributed by atoms with Crippen LogP contribution < -0.4 is 5.73 Å². The third-order valence-corrected chi connectivity index (χ3v) is 5.66. The van der Waals surface area contributed by atoms with Gasteiger partial charge in [0, 0.05) is 25.0 Å². The van der Waals surface area contributed by atoms with E-state index in [1.807, 2.05) is 0 Å². The van der Waals surface area contributed by atoms with Crippen LogP contribution in [0.1, 0.15) is 24.0 Å². The average Bonchev–Trinajstić information content (AvgIpc) is 2.83. The van der Waals surface area contributed by atoms with E-state index in [-0.39, 0.29) is 11.5 Å². The van der Waals surface area contributed by atoms with Crippen LogP contribution >= 0.6 is 0 Å². The van der Waals surface area contributed by atoms with Gasteiger partial charge in [-0.05, 0) is 47.5 Å². The van der Waals surface area contributed by atoms with Crippen LogP contribution in [-0.2, 0) is 23.9 Å². The summed E-state index contributed by atoms with van der Waals surface area (Å²) in [6.07, 6.45) is -1.29. The number of nitrogens with two attached hydrogens (primary N) is 1. The first-order chi connectivity index (χ1) is 17.4. The molecule has 0 unspecified atom stereocenters. The van der Waals surface area contributed by atoms with E-state index < -0.39 is 66.1 Å². The minimum absolute atomic E-state index is 0.339. The first-order valence-electron chi connectivity index (χ1n) is 10.9. The van der Waals surface area contributed by atoms with E-state index >= 15 is 0 Å². The topological polar surface area (TPSA) is 217 Å². The van der Waals surface area contributed by atoms with Crippen LogP contribution in [0.2, 0.25) is 0 Å². The number of primary amides is 1. The highest BCUT2D eigenvalue weighted by atomic mass is 16.6. The summed E-state index contributed by atoms with van der Waals surface area (Å²) in [4.78, 5) is 36.5. The van der Waals surface area contributed by atoms with Crippen molar-refractivity contribution >= 4 is 30.0 Å². The van der Waals surface area contributed by atoms with E-state index in [2.05, 4.69) is 0 Å². The van der Waals surface area contributed by atoms with Gasteiger partial charge in [0.05, 0.1) is 0 Å². The fourth-order valence-corrected chi connectivity index (χ4v) is 3.65. The van der Waals surface area contributed by atoms with Gasteiger partial charge in [0.15, 0.2) is 23.0 Å². The molecule has 0 radical (unpaired) electrons. The minimum atomic E-state index is -2.26. The lowest BCUT2D eigenvalue weighted by molar-refractivity contribution is -0.195. The molecule has 1 amide bonds. The number of rotatable bonds is 7. The highest BCUT2D eigenvalue weighted by molar-refractivity contribution is 5.88. The normalized spacial score (nSPS) is 23.7. The molecule has 0 heterocycles. The number of amides is 1. The Hall–Kier alpha value is -4.55. The molecule has 196 valence electrons. The molecular formula is C25H25NO11. The molecule has 1 saturated carbocycles. The maximum atomic E-state index is 12.3. The van der Waals surface area contributed by atoms with Gasteiger partial charge in [-0.15, -0.1) is 0 Å². The molecule has 1 fully saturated rings. The van der Waals surface area contributed by atoms with Crippen molar-refractivity contribution in [2.45, 2.75) is 36.8 Å². The Kier molecular flexibility index (Phi) is 8.05. The lowest BCUT2D eigenvalue weighted by Gasteiger charge is -2.41. The predicted molar refractivity (Wildman–Crippen MR) is 127 cm³/mol. The number of hydrogen-bond acceptors (Lipinski definition) is 11. The van der Waals surface area contributed by atoms with Gasteiger partial charge in [0.2, 0.25) is 5.91 Å². The summed E-state index contributed by atoms with van der Waals surface area (Å²) >= 11 is 0. The van der Waals surface area contributed by atoms with Crippen molar-refractivity contribution in [3.63, 3.8) is 0 Å². The maximum Gasteiger partial charge on any atom is 0.331 e. The van der Waals surface area contributed by atoms with Gasteiger partial charge in [0.1, 0.15) is 23.9 Å². The zero-order chi connectivity index (χ0) is 27.3. The van der Waals surface area contributed by atoms with Crippen molar-refractivity contribution in [3.05, 3.63) is 59.7 Å². The third-order valence-electron chi connectivity index (χ3n) is 5.66. The number of aliphatic hydroxyl groups excluding tert-OH is 1. The van der Waals surface area contributed by atoms with Gasteiger partial charge < -0.3 is 45.8 Å². The Morgan fingerprint density at radius 3 is 1.54 bits per heavy atom. The molecular weight excluding hydrogens is 490 g/mol. The fourth-order valence-electron chi connectivity index (χ4n) is 3.65. The van der Waals surface area contributed by atoms with Crippen LogP contribution in [0.4, 0.5) is 0 Å².